The van der Waals surface area contributed by atoms with Gasteiger partial charge in [-0.25, -0.2) is 0 Å². The van der Waals surface area contributed by atoms with E-state index in [1.54, 1.807) is 27.7 Å². The monoisotopic (exact) mass is 296 g/mol. The fourth-order valence-electron chi connectivity index (χ4n) is 0.295. The van der Waals surface area contributed by atoms with Gasteiger partial charge in [-0.2, -0.15) is 29.2 Å². The molecule has 0 heterocycles. The van der Waals surface area contributed by atoms with Crippen molar-refractivity contribution >= 4 is 10.4 Å². The van der Waals surface area contributed by atoms with Gasteiger partial charge in [0.15, 0.2) is 11.1 Å². The lowest BCUT2D eigenvalue weighted by atomic mass is 10.1. The Morgan fingerprint density at radius 2 is 1.05 bits per heavy atom. The molecule has 0 saturated carbocycles. The first kappa shape index (κ1) is 26.0. The molecule has 19 heavy (non-hydrogen) atoms. The van der Waals surface area contributed by atoms with Crippen molar-refractivity contribution < 1.29 is 17.5 Å². The molecular formula is C8H20N6O4S. The minimum atomic E-state index is -4.67. The van der Waals surface area contributed by atoms with Gasteiger partial charge in [0.25, 0.3) is 0 Å². The fraction of sp³-hybridized carbons (Fsp3) is 0.750. The Morgan fingerprint density at radius 3 is 1.16 bits per heavy atom. The van der Waals surface area contributed by atoms with Gasteiger partial charge in [0, 0.05) is 0 Å². The van der Waals surface area contributed by atoms with E-state index < -0.39 is 21.5 Å². The number of nitriles is 2. The molecule has 0 aliphatic rings. The quantitative estimate of drug-likeness (QED) is 0.432. The molecule has 0 spiro atoms. The molecule has 112 valence electrons. The summed E-state index contributed by atoms with van der Waals surface area (Å²) in [4.78, 5) is 0. The molecule has 0 aliphatic heterocycles. The first-order valence-electron chi connectivity index (χ1n) is 4.29. The highest BCUT2D eigenvalue weighted by Crippen LogP contribution is 2.13. The van der Waals surface area contributed by atoms with Crippen LogP contribution in [0.4, 0.5) is 0 Å². The Hall–Kier alpha value is -1.63. The van der Waals surface area contributed by atoms with Gasteiger partial charge in [-0.15, -0.1) is 0 Å². The summed E-state index contributed by atoms with van der Waals surface area (Å²) in [7, 11) is -4.67. The van der Waals surface area contributed by atoms with Crippen LogP contribution in [0, 0.1) is 22.7 Å². The van der Waals surface area contributed by atoms with Crippen molar-refractivity contribution in [1.29, 1.82) is 10.5 Å². The Bertz CT molecular complexity index is 421. The van der Waals surface area contributed by atoms with Crippen molar-refractivity contribution in [2.75, 3.05) is 0 Å². The summed E-state index contributed by atoms with van der Waals surface area (Å²) >= 11 is 0. The van der Waals surface area contributed by atoms with Gasteiger partial charge in [-0.3, -0.25) is 9.11 Å². The van der Waals surface area contributed by atoms with Gasteiger partial charge in [0.1, 0.15) is 0 Å². The molecule has 8 N–H and O–H groups in total. The third-order valence-electron chi connectivity index (χ3n) is 1.10. The Balaban J connectivity index is -0.000000139. The second-order valence-corrected chi connectivity index (χ2v) is 4.89. The Morgan fingerprint density at radius 1 is 0.895 bits per heavy atom. The molecule has 0 unspecified atom stereocenters. The van der Waals surface area contributed by atoms with E-state index in [0.29, 0.717) is 0 Å². The van der Waals surface area contributed by atoms with Gasteiger partial charge in [0.2, 0.25) is 0 Å². The van der Waals surface area contributed by atoms with Crippen molar-refractivity contribution in [3.8, 4) is 12.1 Å². The molecule has 0 saturated heterocycles. The van der Waals surface area contributed by atoms with Gasteiger partial charge >= 0.3 is 10.4 Å². The van der Waals surface area contributed by atoms with Crippen LogP contribution >= 0.6 is 0 Å². The third-order valence-corrected chi connectivity index (χ3v) is 1.10. The summed E-state index contributed by atoms with van der Waals surface area (Å²) in [6, 6.07) is 3.94. The predicted molar refractivity (Wildman–Crippen MR) is 68.5 cm³/mol. The zero-order valence-corrected chi connectivity index (χ0v) is 12.1. The molecule has 0 aromatic heterocycles. The Labute approximate surface area is 112 Å². The average molecular weight is 296 g/mol. The number of hydrogen-bond acceptors (Lipinski definition) is 8. The lowest BCUT2D eigenvalue weighted by Crippen LogP contribution is -2.17. The van der Waals surface area contributed by atoms with Crippen LogP contribution in [-0.4, -0.2) is 28.6 Å². The van der Waals surface area contributed by atoms with Crippen molar-refractivity contribution in [2.24, 2.45) is 10.2 Å². The van der Waals surface area contributed by atoms with E-state index >= 15 is 0 Å². The predicted octanol–water partition coefficient (Wildman–Crippen LogP) is 1.71. The first-order valence-corrected chi connectivity index (χ1v) is 5.69. The van der Waals surface area contributed by atoms with E-state index in [1.807, 2.05) is 12.1 Å². The second-order valence-electron chi connectivity index (χ2n) is 3.99. The van der Waals surface area contributed by atoms with Gasteiger partial charge in [0.05, 0.1) is 12.1 Å². The molecule has 0 fully saturated rings. The van der Waals surface area contributed by atoms with E-state index in [2.05, 4.69) is 10.2 Å². The van der Waals surface area contributed by atoms with Crippen LogP contribution in [0.25, 0.3) is 0 Å². The normalized spacial score (nSPS) is 10.9. The topological polar surface area (TPSA) is 217 Å². The number of hydrogen-bond donors (Lipinski definition) is 4. The van der Waals surface area contributed by atoms with Crippen LogP contribution in [-0.2, 0) is 10.4 Å². The minimum absolute atomic E-state index is 0. The summed E-state index contributed by atoms with van der Waals surface area (Å²) in [6.45, 7) is 6.57. The van der Waals surface area contributed by atoms with Crippen molar-refractivity contribution in [3.63, 3.8) is 0 Å². The highest BCUT2D eigenvalue weighted by atomic mass is 32.3. The van der Waals surface area contributed by atoms with Crippen molar-refractivity contribution in [2.45, 2.75) is 38.8 Å². The molecule has 0 amide bonds. The van der Waals surface area contributed by atoms with Crippen molar-refractivity contribution in [1.82, 2.24) is 12.3 Å². The molecule has 0 aromatic carbocycles. The van der Waals surface area contributed by atoms with E-state index in [0.717, 1.165) is 0 Å². The van der Waals surface area contributed by atoms with E-state index in [-0.39, 0.29) is 12.3 Å². The third kappa shape index (κ3) is 26.1. The maximum absolute atomic E-state index is 8.74. The number of azo groups is 1. The van der Waals surface area contributed by atoms with Gasteiger partial charge in [-0.1, -0.05) is 0 Å². The minimum Gasteiger partial charge on any atom is -0.344 e. The zero-order valence-electron chi connectivity index (χ0n) is 11.3. The van der Waals surface area contributed by atoms with Gasteiger partial charge < -0.3 is 12.3 Å². The highest BCUT2D eigenvalue weighted by Gasteiger charge is 2.19. The van der Waals surface area contributed by atoms with Crippen LogP contribution in [0.15, 0.2) is 10.2 Å². The molecule has 0 aromatic rings. The van der Waals surface area contributed by atoms with Crippen molar-refractivity contribution in [3.05, 3.63) is 0 Å². The maximum Gasteiger partial charge on any atom is 0.394 e. The smallest absolute Gasteiger partial charge is 0.344 e. The lowest BCUT2D eigenvalue weighted by molar-refractivity contribution is 0.381. The van der Waals surface area contributed by atoms with Crippen LogP contribution in [0.3, 0.4) is 0 Å². The largest absolute Gasteiger partial charge is 0.394 e. The van der Waals surface area contributed by atoms with Gasteiger partial charge in [-0.05, 0) is 27.7 Å². The summed E-state index contributed by atoms with van der Waals surface area (Å²) in [5.41, 5.74) is -1.68. The highest BCUT2D eigenvalue weighted by molar-refractivity contribution is 7.79. The summed E-state index contributed by atoms with van der Waals surface area (Å²) < 4.78 is 31.6. The summed E-state index contributed by atoms with van der Waals surface area (Å²) in [5.74, 6) is 0. The molecular weight excluding hydrogens is 276 g/mol. The standard InChI is InChI=1S/C8H12N4.2H3N.H2O4S/c1-7(2,5-9)11-12-8(3,4)6-10;;;1-5(2,3)4/h1-4H3;2*1H3;(H2,1,2,3,4). The molecule has 0 atom stereocenters. The van der Waals surface area contributed by atoms with E-state index in [4.69, 9.17) is 28.0 Å². The Kier molecular flexibility index (Phi) is 12.8. The molecule has 11 heteroatoms. The molecule has 10 nitrogen and oxygen atoms in total. The van der Waals surface area contributed by atoms with E-state index in [9.17, 15) is 0 Å². The van der Waals surface area contributed by atoms with E-state index in [1.165, 1.54) is 0 Å². The molecule has 0 rings (SSSR count). The maximum atomic E-state index is 8.74. The SMILES string of the molecule is CC(C)(C#N)N=NC(C)(C)C#N.N.N.O=S(=O)(O)O. The molecule has 0 aliphatic carbocycles. The zero-order chi connectivity index (χ0) is 14.3. The van der Waals surface area contributed by atoms with Crippen LogP contribution in [0.2, 0.25) is 0 Å². The van der Waals surface area contributed by atoms with Crippen LogP contribution in [0.1, 0.15) is 27.7 Å². The van der Waals surface area contributed by atoms with Crippen LogP contribution in [0.5, 0.6) is 0 Å². The van der Waals surface area contributed by atoms with Crippen LogP contribution < -0.4 is 12.3 Å². The second kappa shape index (κ2) is 9.32. The first-order chi connectivity index (χ1) is 7.33. The molecule has 0 radical (unpaired) electrons. The average Bonchev–Trinajstić information content (AvgIpc) is 2.13. The number of rotatable bonds is 2. The fourth-order valence-corrected chi connectivity index (χ4v) is 0.295. The molecule has 0 bridgehead atoms. The summed E-state index contributed by atoms with van der Waals surface area (Å²) in [6.07, 6.45) is 0. The number of nitrogens with zero attached hydrogens (tertiary/aromatic N) is 4. The lowest BCUT2D eigenvalue weighted by Gasteiger charge is -2.11. The summed E-state index contributed by atoms with van der Waals surface area (Å²) in [5, 5.41) is 24.7.